The summed E-state index contributed by atoms with van der Waals surface area (Å²) < 4.78 is 6.92. The number of nitrogens with zero attached hydrogens (tertiary/aromatic N) is 3. The van der Waals surface area contributed by atoms with E-state index in [-0.39, 0.29) is 11.9 Å². The lowest BCUT2D eigenvalue weighted by molar-refractivity contribution is -0.149. The Labute approximate surface area is 176 Å². The van der Waals surface area contributed by atoms with Crippen LogP contribution in [0.2, 0.25) is 0 Å². The summed E-state index contributed by atoms with van der Waals surface area (Å²) in [5.41, 5.74) is 2.46. The van der Waals surface area contributed by atoms with Crippen LogP contribution in [0.3, 0.4) is 0 Å². The molecule has 0 N–H and O–H groups in total. The van der Waals surface area contributed by atoms with Gasteiger partial charge in [0, 0.05) is 18.8 Å². The molecule has 1 aromatic heterocycles. The number of hydrogen-bond acceptors (Lipinski definition) is 4. The lowest BCUT2D eigenvalue weighted by atomic mass is 9.72. The van der Waals surface area contributed by atoms with Gasteiger partial charge in [0.05, 0.1) is 18.2 Å². The first kappa shape index (κ1) is 19.9. The van der Waals surface area contributed by atoms with Gasteiger partial charge >= 0.3 is 5.97 Å². The van der Waals surface area contributed by atoms with Gasteiger partial charge in [0.2, 0.25) is 0 Å². The smallest absolute Gasteiger partial charge is 0.316 e. The molecule has 0 unspecified atom stereocenters. The standard InChI is InChI=1S/C24H25N3O3/c1-18-17-21(25-27(18)20-11-7-4-8-12-20)22(28)26-15-13-24(14-16-26,23(29)30-2)19-9-5-3-6-10-19/h3-12,17H,13-16H2,1-2H3. The van der Waals surface area contributed by atoms with Crippen LogP contribution in [-0.4, -0.2) is 46.8 Å². The number of ether oxygens (including phenoxy) is 1. The monoisotopic (exact) mass is 403 g/mol. The summed E-state index contributed by atoms with van der Waals surface area (Å²) in [5.74, 6) is -0.357. The predicted octanol–water partition coefficient (Wildman–Crippen LogP) is 3.53. The Kier molecular flexibility index (Phi) is 5.40. The van der Waals surface area contributed by atoms with Crippen molar-refractivity contribution in [1.29, 1.82) is 0 Å². The molecule has 1 fully saturated rings. The van der Waals surface area contributed by atoms with E-state index in [1.807, 2.05) is 73.7 Å². The number of aromatic nitrogens is 2. The molecule has 154 valence electrons. The van der Waals surface area contributed by atoms with Crippen molar-refractivity contribution in [2.75, 3.05) is 20.2 Å². The number of likely N-dealkylation sites (tertiary alicyclic amines) is 1. The lowest BCUT2D eigenvalue weighted by Gasteiger charge is -2.39. The molecule has 0 saturated carbocycles. The number of esters is 1. The van der Waals surface area contributed by atoms with E-state index in [0.29, 0.717) is 31.6 Å². The molecule has 2 heterocycles. The van der Waals surface area contributed by atoms with E-state index in [1.54, 1.807) is 9.58 Å². The Balaban J connectivity index is 1.54. The van der Waals surface area contributed by atoms with Gasteiger partial charge in [-0.15, -0.1) is 0 Å². The predicted molar refractivity (Wildman–Crippen MR) is 114 cm³/mol. The Morgan fingerprint density at radius 2 is 1.57 bits per heavy atom. The van der Waals surface area contributed by atoms with Crippen LogP contribution in [0.15, 0.2) is 66.7 Å². The molecule has 0 spiro atoms. The second-order valence-corrected chi connectivity index (χ2v) is 7.65. The molecular formula is C24H25N3O3. The van der Waals surface area contributed by atoms with E-state index < -0.39 is 5.41 Å². The van der Waals surface area contributed by atoms with Crippen LogP contribution in [-0.2, 0) is 14.9 Å². The number of piperidine rings is 1. The third-order valence-corrected chi connectivity index (χ3v) is 5.91. The number of carbonyl (C=O) groups is 2. The molecule has 1 aliphatic heterocycles. The second kappa shape index (κ2) is 8.14. The molecule has 0 atom stereocenters. The molecule has 0 radical (unpaired) electrons. The molecule has 3 aromatic rings. The number of benzene rings is 2. The average Bonchev–Trinajstić information content (AvgIpc) is 3.20. The van der Waals surface area contributed by atoms with Crippen LogP contribution < -0.4 is 0 Å². The average molecular weight is 403 g/mol. The molecule has 6 heteroatoms. The molecule has 0 bridgehead atoms. The van der Waals surface area contributed by atoms with Crippen LogP contribution in [0.1, 0.15) is 34.6 Å². The molecule has 6 nitrogen and oxygen atoms in total. The van der Waals surface area contributed by atoms with Gasteiger partial charge in [-0.25, -0.2) is 4.68 Å². The van der Waals surface area contributed by atoms with Crippen molar-refractivity contribution in [3.05, 3.63) is 83.7 Å². The number of aryl methyl sites for hydroxylation is 1. The SMILES string of the molecule is COC(=O)C1(c2ccccc2)CCN(C(=O)c2cc(C)n(-c3ccccc3)n2)CC1. The van der Waals surface area contributed by atoms with E-state index >= 15 is 0 Å². The van der Waals surface area contributed by atoms with Gasteiger partial charge in [0.15, 0.2) is 5.69 Å². The summed E-state index contributed by atoms with van der Waals surface area (Å²) in [7, 11) is 1.42. The summed E-state index contributed by atoms with van der Waals surface area (Å²) in [6.07, 6.45) is 1.04. The normalized spacial score (nSPS) is 15.6. The molecule has 30 heavy (non-hydrogen) atoms. The van der Waals surface area contributed by atoms with E-state index in [9.17, 15) is 9.59 Å². The third-order valence-electron chi connectivity index (χ3n) is 5.91. The van der Waals surface area contributed by atoms with Crippen LogP contribution in [0.5, 0.6) is 0 Å². The fourth-order valence-corrected chi connectivity index (χ4v) is 4.23. The first-order valence-electron chi connectivity index (χ1n) is 10.1. The van der Waals surface area contributed by atoms with Gasteiger partial charge in [0.1, 0.15) is 0 Å². The summed E-state index contributed by atoms with van der Waals surface area (Å²) in [6.45, 7) is 2.88. The summed E-state index contributed by atoms with van der Waals surface area (Å²) in [5, 5.41) is 4.53. The van der Waals surface area contributed by atoms with Gasteiger partial charge < -0.3 is 9.64 Å². The number of carbonyl (C=O) groups excluding carboxylic acids is 2. The van der Waals surface area contributed by atoms with Crippen molar-refractivity contribution in [1.82, 2.24) is 14.7 Å². The number of hydrogen-bond donors (Lipinski definition) is 0. The van der Waals surface area contributed by atoms with E-state index in [1.165, 1.54) is 7.11 Å². The summed E-state index contributed by atoms with van der Waals surface area (Å²) in [4.78, 5) is 27.6. The van der Waals surface area contributed by atoms with Gasteiger partial charge in [-0.3, -0.25) is 9.59 Å². The fraction of sp³-hybridized carbons (Fsp3) is 0.292. The van der Waals surface area contributed by atoms with Crippen molar-refractivity contribution < 1.29 is 14.3 Å². The highest BCUT2D eigenvalue weighted by Crippen LogP contribution is 2.37. The van der Waals surface area contributed by atoms with Crippen LogP contribution >= 0.6 is 0 Å². The molecule has 1 aliphatic rings. The van der Waals surface area contributed by atoms with Crippen molar-refractivity contribution >= 4 is 11.9 Å². The maximum atomic E-state index is 13.1. The van der Waals surface area contributed by atoms with E-state index in [0.717, 1.165) is 16.9 Å². The van der Waals surface area contributed by atoms with E-state index in [2.05, 4.69) is 5.10 Å². The second-order valence-electron chi connectivity index (χ2n) is 7.65. The highest BCUT2D eigenvalue weighted by Gasteiger charge is 2.45. The molecule has 1 saturated heterocycles. The first-order valence-corrected chi connectivity index (χ1v) is 10.1. The van der Waals surface area contributed by atoms with Crippen LogP contribution in [0, 0.1) is 6.92 Å². The van der Waals surface area contributed by atoms with Crippen LogP contribution in [0.25, 0.3) is 5.69 Å². The fourth-order valence-electron chi connectivity index (χ4n) is 4.23. The summed E-state index contributed by atoms with van der Waals surface area (Å²) >= 11 is 0. The largest absolute Gasteiger partial charge is 0.468 e. The van der Waals surface area contributed by atoms with Crippen molar-refractivity contribution in [2.24, 2.45) is 0 Å². The van der Waals surface area contributed by atoms with Crippen molar-refractivity contribution in [3.8, 4) is 5.69 Å². The zero-order chi connectivity index (χ0) is 21.1. The van der Waals surface area contributed by atoms with Gasteiger partial charge in [-0.1, -0.05) is 48.5 Å². The quantitative estimate of drug-likeness (QED) is 0.625. The maximum Gasteiger partial charge on any atom is 0.316 e. The number of rotatable bonds is 4. The lowest BCUT2D eigenvalue weighted by Crippen LogP contribution is -2.49. The van der Waals surface area contributed by atoms with Gasteiger partial charge in [-0.05, 0) is 43.5 Å². The Hall–Kier alpha value is -3.41. The third kappa shape index (κ3) is 3.49. The van der Waals surface area contributed by atoms with Crippen molar-refractivity contribution in [2.45, 2.75) is 25.2 Å². The number of amides is 1. The molecule has 2 aromatic carbocycles. The van der Waals surface area contributed by atoms with Crippen molar-refractivity contribution in [3.63, 3.8) is 0 Å². The molecular weight excluding hydrogens is 378 g/mol. The minimum absolute atomic E-state index is 0.112. The first-order chi connectivity index (χ1) is 14.5. The van der Waals surface area contributed by atoms with E-state index in [4.69, 9.17) is 4.74 Å². The number of para-hydroxylation sites is 1. The molecule has 0 aliphatic carbocycles. The number of methoxy groups -OCH3 is 1. The Morgan fingerprint density at radius 1 is 0.967 bits per heavy atom. The minimum Gasteiger partial charge on any atom is -0.468 e. The Bertz CT molecular complexity index is 1040. The summed E-state index contributed by atoms with van der Waals surface area (Å²) in [6, 6.07) is 21.3. The minimum atomic E-state index is -0.716. The van der Waals surface area contributed by atoms with Gasteiger partial charge in [-0.2, -0.15) is 5.10 Å². The maximum absolute atomic E-state index is 13.1. The molecule has 4 rings (SSSR count). The molecule has 1 amide bonds. The highest BCUT2D eigenvalue weighted by atomic mass is 16.5. The zero-order valence-corrected chi connectivity index (χ0v) is 17.2. The highest BCUT2D eigenvalue weighted by molar-refractivity contribution is 5.93. The van der Waals surface area contributed by atoms with Crippen LogP contribution in [0.4, 0.5) is 0 Å². The van der Waals surface area contributed by atoms with Gasteiger partial charge in [0.25, 0.3) is 5.91 Å². The zero-order valence-electron chi connectivity index (χ0n) is 17.2. The topological polar surface area (TPSA) is 64.4 Å². The Morgan fingerprint density at radius 3 is 2.17 bits per heavy atom.